The van der Waals surface area contributed by atoms with Crippen LogP contribution in [0.3, 0.4) is 0 Å². The van der Waals surface area contributed by atoms with Gasteiger partial charge in [-0.25, -0.2) is 9.79 Å². The second kappa shape index (κ2) is 9.42. The third-order valence-corrected chi connectivity index (χ3v) is 4.22. The van der Waals surface area contributed by atoms with Crippen LogP contribution in [-0.4, -0.2) is 48.7 Å². The first-order valence-electron chi connectivity index (χ1n) is 8.15. The molecule has 22 heavy (non-hydrogen) atoms. The smallest absolute Gasteiger partial charge is 0.409 e. The fourth-order valence-electron chi connectivity index (χ4n) is 2.92. The normalized spacial score (nSPS) is 25.4. The number of amides is 1. The summed E-state index contributed by atoms with van der Waals surface area (Å²) in [6.45, 7) is 5.89. The summed E-state index contributed by atoms with van der Waals surface area (Å²) in [6, 6.07) is 0.736. The summed E-state index contributed by atoms with van der Waals surface area (Å²) in [5, 5.41) is 3.29. The number of hydrogen-bond acceptors (Lipinski definition) is 3. The topological polar surface area (TPSA) is 80.0 Å². The van der Waals surface area contributed by atoms with Crippen LogP contribution in [0.4, 0.5) is 4.79 Å². The van der Waals surface area contributed by atoms with Crippen LogP contribution in [0.1, 0.15) is 46.0 Å². The van der Waals surface area contributed by atoms with Gasteiger partial charge in [0.1, 0.15) is 0 Å². The second-order valence-corrected chi connectivity index (χ2v) is 5.97. The number of piperidine rings is 1. The van der Waals surface area contributed by atoms with E-state index in [4.69, 9.17) is 10.5 Å². The molecule has 1 amide bonds. The van der Waals surface area contributed by atoms with E-state index in [9.17, 15) is 4.79 Å². The number of nitrogens with zero attached hydrogens (tertiary/aromatic N) is 2. The molecule has 0 spiro atoms. The summed E-state index contributed by atoms with van der Waals surface area (Å²) in [6.07, 6.45) is 5.21. The van der Waals surface area contributed by atoms with Gasteiger partial charge in [0, 0.05) is 19.1 Å². The first kappa shape index (κ1) is 19.3. The zero-order valence-electron chi connectivity index (χ0n) is 13.6. The molecule has 1 saturated heterocycles. The molecule has 1 heterocycles. The number of likely N-dealkylation sites (tertiary alicyclic amines) is 1. The Morgan fingerprint density at radius 1 is 1.36 bits per heavy atom. The second-order valence-electron chi connectivity index (χ2n) is 5.97. The predicted molar refractivity (Wildman–Crippen MR) is 98.6 cm³/mol. The van der Waals surface area contributed by atoms with Crippen LogP contribution in [0.25, 0.3) is 0 Å². The van der Waals surface area contributed by atoms with Crippen LogP contribution >= 0.6 is 24.0 Å². The van der Waals surface area contributed by atoms with Gasteiger partial charge < -0.3 is 20.7 Å². The highest BCUT2D eigenvalue weighted by Crippen LogP contribution is 2.37. The molecular weight excluding hydrogens is 395 g/mol. The molecule has 0 aromatic rings. The van der Waals surface area contributed by atoms with Gasteiger partial charge in [-0.1, -0.05) is 13.3 Å². The van der Waals surface area contributed by atoms with E-state index in [0.29, 0.717) is 37.7 Å². The molecule has 128 valence electrons. The van der Waals surface area contributed by atoms with Gasteiger partial charge in [-0.15, -0.1) is 24.0 Å². The van der Waals surface area contributed by atoms with Gasteiger partial charge in [0.15, 0.2) is 5.96 Å². The largest absolute Gasteiger partial charge is 0.450 e. The Morgan fingerprint density at radius 3 is 2.64 bits per heavy atom. The van der Waals surface area contributed by atoms with Crippen LogP contribution in [0.15, 0.2) is 4.99 Å². The fraction of sp³-hybridized carbons (Fsp3) is 0.867. The van der Waals surface area contributed by atoms with Gasteiger partial charge in [0.2, 0.25) is 0 Å². The van der Waals surface area contributed by atoms with Crippen molar-refractivity contribution >= 4 is 36.0 Å². The number of guanidine groups is 1. The maximum Gasteiger partial charge on any atom is 0.409 e. The molecule has 1 aliphatic carbocycles. The number of carbonyl (C=O) groups is 1. The zero-order chi connectivity index (χ0) is 15.2. The van der Waals surface area contributed by atoms with Crippen LogP contribution in [0.2, 0.25) is 0 Å². The van der Waals surface area contributed by atoms with Crippen molar-refractivity contribution in [1.82, 2.24) is 10.2 Å². The van der Waals surface area contributed by atoms with Crippen molar-refractivity contribution in [2.75, 3.05) is 19.7 Å². The lowest BCUT2D eigenvalue weighted by atomic mass is 10.1. The summed E-state index contributed by atoms with van der Waals surface area (Å²) >= 11 is 0. The van der Waals surface area contributed by atoms with Gasteiger partial charge in [0.25, 0.3) is 0 Å². The Bertz CT molecular complexity index is 384. The van der Waals surface area contributed by atoms with E-state index in [1.165, 1.54) is 19.3 Å². The zero-order valence-corrected chi connectivity index (χ0v) is 15.9. The van der Waals surface area contributed by atoms with Crippen molar-refractivity contribution in [1.29, 1.82) is 0 Å². The van der Waals surface area contributed by atoms with Gasteiger partial charge in [0.05, 0.1) is 12.6 Å². The van der Waals surface area contributed by atoms with Crippen molar-refractivity contribution in [2.45, 2.75) is 58.0 Å². The summed E-state index contributed by atoms with van der Waals surface area (Å²) < 4.78 is 5.01. The number of nitrogens with one attached hydrogen (secondary N) is 1. The van der Waals surface area contributed by atoms with E-state index < -0.39 is 0 Å². The molecule has 2 aliphatic rings. The quantitative estimate of drug-likeness (QED) is 0.403. The molecule has 2 atom stereocenters. The SMILES string of the molecule is CCCC1CC1N=C(N)NC1CCN(C(=O)OCC)CC1.I. The molecule has 7 heteroatoms. The molecule has 3 N–H and O–H groups in total. The number of carbonyl (C=O) groups excluding carboxylic acids is 1. The molecule has 0 aromatic heterocycles. The predicted octanol–water partition coefficient (Wildman–Crippen LogP) is 2.32. The Kier molecular flexibility index (Phi) is 8.27. The van der Waals surface area contributed by atoms with E-state index in [1.807, 2.05) is 6.92 Å². The van der Waals surface area contributed by atoms with Crippen LogP contribution in [0.5, 0.6) is 0 Å². The molecule has 6 nitrogen and oxygen atoms in total. The molecule has 2 unspecified atom stereocenters. The fourth-order valence-corrected chi connectivity index (χ4v) is 2.92. The Labute approximate surface area is 150 Å². The highest BCUT2D eigenvalue weighted by Gasteiger charge is 2.36. The highest BCUT2D eigenvalue weighted by molar-refractivity contribution is 14.0. The van der Waals surface area contributed by atoms with Crippen molar-refractivity contribution in [3.05, 3.63) is 0 Å². The molecule has 1 aliphatic heterocycles. The molecule has 0 bridgehead atoms. The lowest BCUT2D eigenvalue weighted by Crippen LogP contribution is -2.48. The lowest BCUT2D eigenvalue weighted by Gasteiger charge is -2.31. The highest BCUT2D eigenvalue weighted by atomic mass is 127. The Morgan fingerprint density at radius 2 is 2.05 bits per heavy atom. The van der Waals surface area contributed by atoms with E-state index in [1.54, 1.807) is 4.90 Å². The first-order valence-corrected chi connectivity index (χ1v) is 8.15. The third-order valence-electron chi connectivity index (χ3n) is 4.22. The number of halogens is 1. The molecule has 2 fully saturated rings. The van der Waals surface area contributed by atoms with Crippen LogP contribution in [0, 0.1) is 5.92 Å². The maximum atomic E-state index is 11.6. The number of aliphatic imine (C=N–C) groups is 1. The van der Waals surface area contributed by atoms with Crippen molar-refractivity contribution < 1.29 is 9.53 Å². The van der Waals surface area contributed by atoms with Gasteiger partial charge in [-0.2, -0.15) is 0 Å². The minimum absolute atomic E-state index is 0. The van der Waals surface area contributed by atoms with Crippen molar-refractivity contribution in [3.63, 3.8) is 0 Å². The van der Waals surface area contributed by atoms with Crippen molar-refractivity contribution in [2.24, 2.45) is 16.6 Å². The van der Waals surface area contributed by atoms with Gasteiger partial charge in [-0.05, 0) is 38.5 Å². The number of nitrogens with two attached hydrogens (primary N) is 1. The third kappa shape index (κ3) is 5.81. The lowest BCUT2D eigenvalue weighted by molar-refractivity contribution is 0.0963. The molecule has 0 aromatic carbocycles. The Hall–Kier alpha value is -0.730. The minimum Gasteiger partial charge on any atom is -0.450 e. The van der Waals surface area contributed by atoms with Gasteiger partial charge >= 0.3 is 6.09 Å². The van der Waals surface area contributed by atoms with Crippen LogP contribution < -0.4 is 11.1 Å². The van der Waals surface area contributed by atoms with E-state index in [0.717, 1.165) is 18.8 Å². The number of rotatable bonds is 5. The van der Waals surface area contributed by atoms with E-state index in [-0.39, 0.29) is 30.1 Å². The standard InChI is InChI=1S/C15H28N4O2.HI/c1-3-5-11-10-13(11)18-14(16)17-12-6-8-19(9-7-12)15(20)21-4-2;/h11-13H,3-10H2,1-2H3,(H3,16,17,18);1H. The summed E-state index contributed by atoms with van der Waals surface area (Å²) in [4.78, 5) is 17.9. The van der Waals surface area contributed by atoms with Crippen LogP contribution in [-0.2, 0) is 4.74 Å². The average molecular weight is 424 g/mol. The number of ether oxygens (including phenoxy) is 1. The number of hydrogen-bond donors (Lipinski definition) is 2. The molecule has 2 rings (SSSR count). The summed E-state index contributed by atoms with van der Waals surface area (Å²) in [7, 11) is 0. The Balaban J connectivity index is 0.00000242. The monoisotopic (exact) mass is 424 g/mol. The molecule has 0 radical (unpaired) electrons. The minimum atomic E-state index is -0.210. The van der Waals surface area contributed by atoms with Crippen molar-refractivity contribution in [3.8, 4) is 0 Å². The maximum absolute atomic E-state index is 11.6. The van der Waals surface area contributed by atoms with E-state index >= 15 is 0 Å². The summed E-state index contributed by atoms with van der Waals surface area (Å²) in [5.74, 6) is 1.30. The van der Waals surface area contributed by atoms with E-state index in [2.05, 4.69) is 17.2 Å². The molecular formula is C15H29IN4O2. The van der Waals surface area contributed by atoms with Gasteiger partial charge in [-0.3, -0.25) is 0 Å². The molecule has 1 saturated carbocycles. The summed E-state index contributed by atoms with van der Waals surface area (Å²) in [5.41, 5.74) is 5.98. The average Bonchev–Trinajstić information content (AvgIpc) is 3.18. The first-order chi connectivity index (χ1) is 10.1.